The molecule has 0 unspecified atom stereocenters. The van der Waals surface area contributed by atoms with Gasteiger partial charge in [-0.1, -0.05) is 18.5 Å². The summed E-state index contributed by atoms with van der Waals surface area (Å²) in [5, 5.41) is 1.25. The van der Waals surface area contributed by atoms with Crippen LogP contribution in [0, 0.1) is 28.1 Å². The molecule has 5 aliphatic rings. The van der Waals surface area contributed by atoms with E-state index in [-0.39, 0.29) is 41.5 Å². The quantitative estimate of drug-likeness (QED) is 0.230. The van der Waals surface area contributed by atoms with Crippen LogP contribution in [0.4, 0.5) is 8.78 Å². The highest BCUT2D eigenvalue weighted by Gasteiger charge is 2.64. The number of likely N-dealkylation sites (tertiary alicyclic amines) is 1. The van der Waals surface area contributed by atoms with E-state index in [1.807, 2.05) is 11.8 Å². The van der Waals surface area contributed by atoms with E-state index in [1.54, 1.807) is 17.0 Å². The van der Waals surface area contributed by atoms with Crippen LogP contribution < -0.4 is 16.3 Å². The third-order valence-electron chi connectivity index (χ3n) is 11.5. The molecule has 3 aliphatic carbocycles. The number of alkyl halides is 2. The molecule has 0 bridgehead atoms. The fourth-order valence-electron chi connectivity index (χ4n) is 8.41. The first-order valence-corrected chi connectivity index (χ1v) is 16.4. The van der Waals surface area contributed by atoms with Crippen LogP contribution in [0.25, 0.3) is 0 Å². The summed E-state index contributed by atoms with van der Waals surface area (Å²) in [6.45, 7) is 4.78. The van der Waals surface area contributed by atoms with E-state index in [1.165, 1.54) is 14.2 Å². The van der Waals surface area contributed by atoms with E-state index in [9.17, 15) is 23.2 Å². The number of benzene rings is 1. The topological polar surface area (TPSA) is 131 Å². The number of rotatable bonds is 9. The molecule has 4 fully saturated rings. The Labute approximate surface area is 273 Å². The van der Waals surface area contributed by atoms with E-state index in [0.717, 1.165) is 29.8 Å². The number of halogens is 3. The first-order chi connectivity index (χ1) is 21.6. The van der Waals surface area contributed by atoms with Gasteiger partial charge in [0.1, 0.15) is 18.1 Å². The lowest BCUT2D eigenvalue weighted by Gasteiger charge is -2.46. The Morgan fingerprint density at radius 2 is 1.91 bits per heavy atom. The van der Waals surface area contributed by atoms with Crippen molar-refractivity contribution in [2.24, 2.45) is 39.7 Å². The smallest absolute Gasteiger partial charge is 0.312 e. The molecule has 2 aliphatic heterocycles. The van der Waals surface area contributed by atoms with Gasteiger partial charge in [0.25, 0.3) is 6.43 Å². The molecule has 2 amide bonds. The molecular formula is C33H44ClF2N5O5. The molecule has 46 heavy (non-hydrogen) atoms. The third-order valence-corrected chi connectivity index (χ3v) is 11.9. The molecule has 10 nitrogen and oxygen atoms in total. The summed E-state index contributed by atoms with van der Waals surface area (Å²) in [4.78, 5) is 45.0. The number of carbonyl (C=O) groups is 3. The average Bonchev–Trinajstić information content (AvgIpc) is 3.87. The van der Waals surface area contributed by atoms with Gasteiger partial charge in [-0.2, -0.15) is 0 Å². The lowest BCUT2D eigenvalue weighted by atomic mass is 9.63. The van der Waals surface area contributed by atoms with E-state index in [4.69, 9.17) is 32.7 Å². The molecule has 6 rings (SSSR count). The third kappa shape index (κ3) is 5.59. The normalized spacial score (nSPS) is 31.3. The zero-order chi connectivity index (χ0) is 33.3. The number of hydrazine groups is 1. The van der Waals surface area contributed by atoms with Crippen molar-refractivity contribution < 1.29 is 32.6 Å². The van der Waals surface area contributed by atoms with Gasteiger partial charge in [0.2, 0.25) is 11.8 Å². The Morgan fingerprint density at radius 1 is 1.20 bits per heavy atom. The zero-order valence-corrected chi connectivity index (χ0v) is 27.7. The van der Waals surface area contributed by atoms with E-state index in [0.29, 0.717) is 61.0 Å². The molecule has 1 aromatic carbocycles. The van der Waals surface area contributed by atoms with Crippen molar-refractivity contribution in [2.45, 2.75) is 71.3 Å². The van der Waals surface area contributed by atoms with Crippen LogP contribution in [0.3, 0.4) is 0 Å². The summed E-state index contributed by atoms with van der Waals surface area (Å²) in [6.07, 6.45) is 2.05. The molecule has 4 N–H and O–H groups in total. The van der Waals surface area contributed by atoms with Gasteiger partial charge in [0.05, 0.1) is 30.2 Å². The molecule has 2 heterocycles. The van der Waals surface area contributed by atoms with Crippen LogP contribution >= 0.6 is 11.6 Å². The first kappa shape index (κ1) is 32.8. The Kier molecular flexibility index (Phi) is 8.23. The van der Waals surface area contributed by atoms with Crippen LogP contribution in [0.5, 0.6) is 5.75 Å². The lowest BCUT2D eigenvalue weighted by Crippen LogP contribution is -2.54. The number of fused-ring (bicyclic) bond motifs is 2. The molecule has 1 saturated heterocycles. The van der Waals surface area contributed by atoms with Crippen molar-refractivity contribution >= 4 is 29.4 Å². The van der Waals surface area contributed by atoms with Crippen molar-refractivity contribution in [2.75, 3.05) is 40.4 Å². The fraction of sp³-hybridized carbons (Fsp3) is 0.667. The van der Waals surface area contributed by atoms with Crippen LogP contribution in [0.15, 0.2) is 23.5 Å². The number of carbonyl (C=O) groups excluding carboxylic acids is 3. The van der Waals surface area contributed by atoms with Crippen molar-refractivity contribution in [1.82, 2.24) is 14.8 Å². The van der Waals surface area contributed by atoms with Gasteiger partial charge in [-0.25, -0.2) is 14.6 Å². The van der Waals surface area contributed by atoms with Crippen LogP contribution in [-0.4, -0.2) is 79.4 Å². The Bertz CT molecular complexity index is 1470. The van der Waals surface area contributed by atoms with Crippen molar-refractivity contribution in [3.63, 3.8) is 0 Å². The largest absolute Gasteiger partial charge is 0.487 e. The molecule has 252 valence electrons. The molecule has 1 aromatic rings. The van der Waals surface area contributed by atoms with Crippen LogP contribution in [0.1, 0.15) is 69.5 Å². The van der Waals surface area contributed by atoms with Crippen LogP contribution in [-0.2, 0) is 25.5 Å². The number of methoxy groups -OCH3 is 1. The fourth-order valence-corrected chi connectivity index (χ4v) is 8.67. The molecular weight excluding hydrogens is 620 g/mol. The highest BCUT2D eigenvalue weighted by molar-refractivity contribution is 6.31. The average molecular weight is 664 g/mol. The molecule has 5 atom stereocenters. The number of nitrogens with zero attached hydrogens (tertiary/aromatic N) is 3. The Morgan fingerprint density at radius 3 is 2.52 bits per heavy atom. The molecule has 0 radical (unpaired) electrons. The molecule has 0 aromatic heterocycles. The monoisotopic (exact) mass is 663 g/mol. The van der Waals surface area contributed by atoms with Gasteiger partial charge in [0, 0.05) is 43.7 Å². The summed E-state index contributed by atoms with van der Waals surface area (Å²) in [7, 11) is 2.63. The zero-order valence-electron chi connectivity index (χ0n) is 26.9. The highest BCUT2D eigenvalue weighted by Crippen LogP contribution is 2.67. The number of hydrogen-bond acceptors (Lipinski definition) is 8. The van der Waals surface area contributed by atoms with E-state index >= 15 is 0 Å². The number of hydrogen-bond donors (Lipinski definition) is 2. The second kappa shape index (κ2) is 11.5. The standard InChI is InChI=1S/C33H44ClF2N5O5/c1-31-11-18(31)12-32(2,30(44)45-4)20(13-31)29(43)41-10-7-19-21(34)5-6-24(46-16-22(37)27(28(35)36)39(3)38)26(19)23(41)15-40-17-33(8-9-33)14-25(40)42/h5-6,18,20,23,28H,7-17,37-38H2,1-4H3/b27-22-/t18-,20+,23-,31-,32+/m1/s1. The van der Waals surface area contributed by atoms with Gasteiger partial charge in [-0.3, -0.25) is 14.4 Å². The summed E-state index contributed by atoms with van der Waals surface area (Å²) < 4.78 is 38.8. The van der Waals surface area contributed by atoms with E-state index in [2.05, 4.69) is 6.92 Å². The van der Waals surface area contributed by atoms with E-state index < -0.39 is 35.5 Å². The molecule has 13 heteroatoms. The van der Waals surface area contributed by atoms with Gasteiger partial charge in [-0.15, -0.1) is 0 Å². The van der Waals surface area contributed by atoms with Crippen LogP contribution in [0.2, 0.25) is 5.02 Å². The number of allylic oxidation sites excluding steroid dienone is 1. The van der Waals surface area contributed by atoms with Gasteiger partial charge < -0.3 is 30.0 Å². The van der Waals surface area contributed by atoms with Gasteiger partial charge in [-0.05, 0) is 79.9 Å². The van der Waals surface area contributed by atoms with Gasteiger partial charge in [0.15, 0.2) is 0 Å². The number of amides is 2. The van der Waals surface area contributed by atoms with Crippen molar-refractivity contribution in [3.05, 3.63) is 39.7 Å². The number of ether oxygens (including phenoxy) is 2. The van der Waals surface area contributed by atoms with Crippen molar-refractivity contribution in [1.29, 1.82) is 0 Å². The number of esters is 1. The van der Waals surface area contributed by atoms with Crippen molar-refractivity contribution in [3.8, 4) is 5.75 Å². The predicted octanol–water partition coefficient (Wildman–Crippen LogP) is 4.01. The molecule has 3 saturated carbocycles. The minimum atomic E-state index is -2.91. The maximum atomic E-state index is 14.8. The summed E-state index contributed by atoms with van der Waals surface area (Å²) in [5.74, 6) is 5.16. The second-order valence-corrected chi connectivity index (χ2v) is 15.1. The SMILES string of the molecule is COC(=O)[C@@]1(C)C[C@H]2C[C@]2(C)C[C@H]1C(=O)N1CCc2c(Cl)ccc(OC/C(N)=C(\C(F)F)N(C)N)c2[C@H]1CN1CC2(CC2)CC1=O. The number of nitrogens with two attached hydrogens (primary N) is 2. The maximum absolute atomic E-state index is 14.8. The minimum Gasteiger partial charge on any atom is -0.487 e. The second-order valence-electron chi connectivity index (χ2n) is 14.7. The predicted molar refractivity (Wildman–Crippen MR) is 166 cm³/mol. The van der Waals surface area contributed by atoms with Gasteiger partial charge >= 0.3 is 5.97 Å². The maximum Gasteiger partial charge on any atom is 0.312 e. The summed E-state index contributed by atoms with van der Waals surface area (Å²) in [6, 6.07) is 2.68. The first-order valence-electron chi connectivity index (χ1n) is 16.0. The Hall–Kier alpha value is -3.12. The molecule has 1 spiro atoms. The lowest BCUT2D eigenvalue weighted by molar-refractivity contribution is -0.166. The summed E-state index contributed by atoms with van der Waals surface area (Å²) >= 11 is 6.74. The minimum absolute atomic E-state index is 0.00133. The summed E-state index contributed by atoms with van der Waals surface area (Å²) in [5.41, 5.74) is 5.62. The highest BCUT2D eigenvalue weighted by atomic mass is 35.5. The Balaban J connectivity index is 1.39.